The smallest absolute Gasteiger partial charge is 0.251 e. The average Bonchev–Trinajstić information content (AvgIpc) is 2.68. The molecule has 0 aliphatic heterocycles. The molecule has 1 aromatic heterocycles. The number of nitrogens with zero attached hydrogens (tertiary/aromatic N) is 1. The van der Waals surface area contributed by atoms with E-state index in [1.54, 1.807) is 30.5 Å². The van der Waals surface area contributed by atoms with Gasteiger partial charge in [-0.25, -0.2) is 4.98 Å². The van der Waals surface area contributed by atoms with Gasteiger partial charge in [0.05, 0.1) is 6.61 Å². The van der Waals surface area contributed by atoms with Crippen molar-refractivity contribution in [3.8, 4) is 5.88 Å². The fraction of sp³-hybridized carbons (Fsp3) is 0.381. The molecular formula is C21H27N3O3. The zero-order chi connectivity index (χ0) is 19.5. The molecule has 2 N–H and O–H groups in total. The minimum Gasteiger partial charge on any atom is -0.477 e. The van der Waals surface area contributed by atoms with Gasteiger partial charge in [0.25, 0.3) is 5.91 Å². The SMILES string of the molecule is CCCCOc1ncccc1CNC(=O)CC(C)NC(=O)c1ccccc1. The van der Waals surface area contributed by atoms with Crippen molar-refractivity contribution in [3.05, 3.63) is 59.8 Å². The first-order valence-corrected chi connectivity index (χ1v) is 9.29. The van der Waals surface area contributed by atoms with Crippen LogP contribution in [-0.2, 0) is 11.3 Å². The highest BCUT2D eigenvalue weighted by molar-refractivity contribution is 5.94. The number of nitrogens with one attached hydrogen (secondary N) is 2. The summed E-state index contributed by atoms with van der Waals surface area (Å²) in [5, 5.41) is 5.70. The Labute approximate surface area is 160 Å². The Morgan fingerprint density at radius 1 is 1.15 bits per heavy atom. The lowest BCUT2D eigenvalue weighted by molar-refractivity contribution is -0.121. The third kappa shape index (κ3) is 7.09. The van der Waals surface area contributed by atoms with Gasteiger partial charge in [0, 0.05) is 36.3 Å². The third-order valence-corrected chi connectivity index (χ3v) is 3.97. The van der Waals surface area contributed by atoms with Crippen molar-refractivity contribution in [2.45, 2.75) is 45.7 Å². The van der Waals surface area contributed by atoms with Gasteiger partial charge in [-0.2, -0.15) is 0 Å². The van der Waals surface area contributed by atoms with E-state index < -0.39 is 0 Å². The van der Waals surface area contributed by atoms with Crippen LogP contribution in [-0.4, -0.2) is 29.4 Å². The minimum atomic E-state index is -0.271. The van der Waals surface area contributed by atoms with E-state index in [0.29, 0.717) is 24.6 Å². The van der Waals surface area contributed by atoms with Gasteiger partial charge < -0.3 is 15.4 Å². The normalized spacial score (nSPS) is 11.5. The van der Waals surface area contributed by atoms with Crippen LogP contribution in [0.25, 0.3) is 0 Å². The van der Waals surface area contributed by atoms with Gasteiger partial charge in [0.2, 0.25) is 11.8 Å². The first-order valence-electron chi connectivity index (χ1n) is 9.29. The fourth-order valence-corrected chi connectivity index (χ4v) is 2.49. The first kappa shape index (κ1) is 20.4. The van der Waals surface area contributed by atoms with Gasteiger partial charge in [-0.3, -0.25) is 9.59 Å². The molecule has 2 rings (SSSR count). The third-order valence-electron chi connectivity index (χ3n) is 3.97. The molecule has 0 spiro atoms. The molecule has 0 bridgehead atoms. The second kappa shape index (κ2) is 11.0. The van der Waals surface area contributed by atoms with E-state index in [9.17, 15) is 9.59 Å². The maximum atomic E-state index is 12.2. The molecule has 1 atom stereocenters. The van der Waals surface area contributed by atoms with Gasteiger partial charge >= 0.3 is 0 Å². The van der Waals surface area contributed by atoms with Crippen LogP contribution in [0.2, 0.25) is 0 Å². The maximum Gasteiger partial charge on any atom is 0.251 e. The van der Waals surface area contributed by atoms with Crippen LogP contribution >= 0.6 is 0 Å². The number of hydrogen-bond acceptors (Lipinski definition) is 4. The highest BCUT2D eigenvalue weighted by atomic mass is 16.5. The molecule has 2 amide bonds. The van der Waals surface area contributed by atoms with Crippen molar-refractivity contribution < 1.29 is 14.3 Å². The lowest BCUT2D eigenvalue weighted by Gasteiger charge is -2.15. The van der Waals surface area contributed by atoms with Gasteiger partial charge in [0.1, 0.15) is 0 Å². The predicted octanol–water partition coefficient (Wildman–Crippen LogP) is 3.09. The fourth-order valence-electron chi connectivity index (χ4n) is 2.49. The Kier molecular flexibility index (Phi) is 8.29. The Morgan fingerprint density at radius 2 is 1.93 bits per heavy atom. The first-order chi connectivity index (χ1) is 13.1. The molecule has 0 fully saturated rings. The van der Waals surface area contributed by atoms with Gasteiger partial charge in [-0.15, -0.1) is 0 Å². The second-order valence-corrected chi connectivity index (χ2v) is 6.39. The van der Waals surface area contributed by atoms with E-state index in [4.69, 9.17) is 4.74 Å². The van der Waals surface area contributed by atoms with E-state index in [0.717, 1.165) is 18.4 Å². The Balaban J connectivity index is 1.79. The molecule has 1 aromatic carbocycles. The summed E-state index contributed by atoms with van der Waals surface area (Å²) in [5.41, 5.74) is 1.41. The number of aromatic nitrogens is 1. The van der Waals surface area contributed by atoms with E-state index in [-0.39, 0.29) is 24.3 Å². The summed E-state index contributed by atoms with van der Waals surface area (Å²) in [7, 11) is 0. The number of amides is 2. The van der Waals surface area contributed by atoms with E-state index in [1.165, 1.54) is 0 Å². The topological polar surface area (TPSA) is 80.3 Å². The van der Waals surface area contributed by atoms with Crippen molar-refractivity contribution in [2.24, 2.45) is 0 Å². The van der Waals surface area contributed by atoms with Crippen LogP contribution in [0, 0.1) is 0 Å². The Bertz CT molecular complexity index is 734. The van der Waals surface area contributed by atoms with E-state index in [2.05, 4.69) is 22.5 Å². The molecule has 1 unspecified atom stereocenters. The number of unbranched alkanes of at least 4 members (excludes halogenated alkanes) is 1. The van der Waals surface area contributed by atoms with Crippen molar-refractivity contribution in [1.82, 2.24) is 15.6 Å². The van der Waals surface area contributed by atoms with Crippen LogP contribution in [0.5, 0.6) is 5.88 Å². The molecule has 0 saturated heterocycles. The summed E-state index contributed by atoms with van der Waals surface area (Å²) in [6.07, 6.45) is 3.88. The summed E-state index contributed by atoms with van der Waals surface area (Å²) in [6.45, 7) is 4.86. The van der Waals surface area contributed by atoms with Crippen LogP contribution in [0.3, 0.4) is 0 Å². The molecule has 1 heterocycles. The van der Waals surface area contributed by atoms with Crippen molar-refractivity contribution in [3.63, 3.8) is 0 Å². The number of ether oxygens (including phenoxy) is 1. The average molecular weight is 369 g/mol. The molecule has 2 aromatic rings. The molecule has 0 saturated carbocycles. The maximum absolute atomic E-state index is 12.2. The zero-order valence-electron chi connectivity index (χ0n) is 15.9. The number of pyridine rings is 1. The number of carbonyl (C=O) groups is 2. The van der Waals surface area contributed by atoms with Gasteiger partial charge in [-0.1, -0.05) is 37.6 Å². The van der Waals surface area contributed by atoms with Crippen molar-refractivity contribution >= 4 is 11.8 Å². The second-order valence-electron chi connectivity index (χ2n) is 6.39. The van der Waals surface area contributed by atoms with Crippen molar-refractivity contribution in [2.75, 3.05) is 6.61 Å². The van der Waals surface area contributed by atoms with Crippen LogP contribution in [0.4, 0.5) is 0 Å². The van der Waals surface area contributed by atoms with Crippen LogP contribution < -0.4 is 15.4 Å². The highest BCUT2D eigenvalue weighted by Crippen LogP contribution is 2.14. The molecule has 0 aliphatic carbocycles. The summed E-state index contributed by atoms with van der Waals surface area (Å²) < 4.78 is 5.67. The van der Waals surface area contributed by atoms with Crippen LogP contribution in [0.15, 0.2) is 48.7 Å². The summed E-state index contributed by atoms with van der Waals surface area (Å²) in [6, 6.07) is 12.4. The molecule has 144 valence electrons. The van der Waals surface area contributed by atoms with Crippen molar-refractivity contribution in [1.29, 1.82) is 0 Å². The molecule has 0 radical (unpaired) electrons. The highest BCUT2D eigenvalue weighted by Gasteiger charge is 2.14. The summed E-state index contributed by atoms with van der Waals surface area (Å²) in [4.78, 5) is 28.5. The number of carbonyl (C=O) groups excluding carboxylic acids is 2. The molecule has 27 heavy (non-hydrogen) atoms. The summed E-state index contributed by atoms with van der Waals surface area (Å²) >= 11 is 0. The lowest BCUT2D eigenvalue weighted by Crippen LogP contribution is -2.37. The summed E-state index contributed by atoms with van der Waals surface area (Å²) in [5.74, 6) is 0.227. The quantitative estimate of drug-likeness (QED) is 0.631. The van der Waals surface area contributed by atoms with Crippen LogP contribution in [0.1, 0.15) is 49.0 Å². The van der Waals surface area contributed by atoms with E-state index in [1.807, 2.05) is 25.1 Å². The van der Waals surface area contributed by atoms with Gasteiger partial charge in [0.15, 0.2) is 0 Å². The molecule has 6 nitrogen and oxygen atoms in total. The Hall–Kier alpha value is -2.89. The standard InChI is InChI=1S/C21H27N3O3/c1-3-4-13-27-21-18(11-8-12-22-21)15-23-19(25)14-16(2)24-20(26)17-9-6-5-7-10-17/h5-12,16H,3-4,13-15H2,1-2H3,(H,23,25)(H,24,26). The Morgan fingerprint density at radius 3 is 2.67 bits per heavy atom. The molecule has 0 aliphatic rings. The number of benzene rings is 1. The zero-order valence-corrected chi connectivity index (χ0v) is 15.9. The van der Waals surface area contributed by atoms with E-state index >= 15 is 0 Å². The number of rotatable bonds is 10. The monoisotopic (exact) mass is 369 g/mol. The largest absolute Gasteiger partial charge is 0.477 e. The lowest BCUT2D eigenvalue weighted by atomic mass is 10.1. The predicted molar refractivity (Wildman–Crippen MR) is 104 cm³/mol. The molecule has 6 heteroatoms. The number of hydrogen-bond donors (Lipinski definition) is 2. The minimum absolute atomic E-state index is 0.140. The van der Waals surface area contributed by atoms with Gasteiger partial charge in [-0.05, 0) is 31.5 Å². The molecular weight excluding hydrogens is 342 g/mol.